The quantitative estimate of drug-likeness (QED) is 0.358. The number of benzene rings is 3. The zero-order valence-corrected chi connectivity index (χ0v) is 22.2. The Bertz CT molecular complexity index is 1340. The van der Waals surface area contributed by atoms with Crippen LogP contribution in [-0.4, -0.2) is 47.1 Å². The van der Waals surface area contributed by atoms with Crippen molar-refractivity contribution in [3.05, 3.63) is 99.8 Å². The lowest BCUT2D eigenvalue weighted by Crippen LogP contribution is -2.41. The van der Waals surface area contributed by atoms with Crippen molar-refractivity contribution >= 4 is 23.3 Å². The summed E-state index contributed by atoms with van der Waals surface area (Å²) in [7, 11) is 0. The van der Waals surface area contributed by atoms with Crippen molar-refractivity contribution in [3.8, 4) is 11.5 Å². The second-order valence-corrected chi connectivity index (χ2v) is 10.3. The Morgan fingerprint density at radius 1 is 1.03 bits per heavy atom. The second-order valence-electron chi connectivity index (χ2n) is 9.87. The molecular formula is C31H31ClFNO5. The van der Waals surface area contributed by atoms with Crippen LogP contribution >= 0.6 is 11.6 Å². The summed E-state index contributed by atoms with van der Waals surface area (Å²) in [6, 6.07) is 18.7. The van der Waals surface area contributed by atoms with E-state index in [1.54, 1.807) is 4.90 Å². The molecule has 0 saturated carbocycles. The third-order valence-corrected chi connectivity index (χ3v) is 7.54. The molecule has 1 aliphatic heterocycles. The first-order chi connectivity index (χ1) is 18.9. The number of ether oxygens (including phenoxy) is 2. The average molecular weight is 552 g/mol. The molecule has 0 fully saturated rings. The van der Waals surface area contributed by atoms with Gasteiger partial charge in [0.1, 0.15) is 17.3 Å². The molecule has 2 unspecified atom stereocenters. The van der Waals surface area contributed by atoms with Crippen LogP contribution in [0, 0.1) is 5.82 Å². The SMILES string of the molecule is O=C(Oc1ccc(F)cc1)N1CCC2=C(CCCc3ccc(Cl)cc32)C1c1ccc(OCCC(O)CO)cc1. The van der Waals surface area contributed by atoms with Gasteiger partial charge in [-0.15, -0.1) is 0 Å². The maximum atomic E-state index is 13.5. The van der Waals surface area contributed by atoms with Gasteiger partial charge in [-0.3, -0.25) is 4.90 Å². The first-order valence-electron chi connectivity index (χ1n) is 13.2. The van der Waals surface area contributed by atoms with Gasteiger partial charge in [0.2, 0.25) is 0 Å². The molecule has 2 aliphatic rings. The largest absolute Gasteiger partial charge is 0.493 e. The molecule has 3 aromatic carbocycles. The van der Waals surface area contributed by atoms with Gasteiger partial charge in [0.05, 0.1) is 25.4 Å². The molecule has 6 nitrogen and oxygen atoms in total. The number of aliphatic hydroxyl groups is 2. The second kappa shape index (κ2) is 12.2. The molecule has 2 N–H and O–H groups in total. The van der Waals surface area contributed by atoms with Crippen molar-refractivity contribution in [2.75, 3.05) is 19.8 Å². The maximum Gasteiger partial charge on any atom is 0.416 e. The van der Waals surface area contributed by atoms with E-state index in [1.807, 2.05) is 36.4 Å². The van der Waals surface area contributed by atoms with Gasteiger partial charge in [0, 0.05) is 18.0 Å². The van der Waals surface area contributed by atoms with Crippen molar-refractivity contribution in [1.29, 1.82) is 0 Å². The van der Waals surface area contributed by atoms with Crippen LogP contribution in [0.2, 0.25) is 5.02 Å². The van der Waals surface area contributed by atoms with E-state index >= 15 is 0 Å². The number of amides is 1. The van der Waals surface area contributed by atoms with Gasteiger partial charge in [-0.1, -0.05) is 29.8 Å². The predicted molar refractivity (Wildman–Crippen MR) is 147 cm³/mol. The van der Waals surface area contributed by atoms with E-state index in [0.717, 1.165) is 36.0 Å². The van der Waals surface area contributed by atoms with Crippen LogP contribution in [-0.2, 0) is 6.42 Å². The minimum atomic E-state index is -0.816. The Hall–Kier alpha value is -3.39. The van der Waals surface area contributed by atoms with E-state index in [1.165, 1.54) is 35.4 Å². The predicted octanol–water partition coefficient (Wildman–Crippen LogP) is 6.34. The standard InChI is InChI=1S/C31H31ClFNO5/c32-22-7-4-20-2-1-3-28-27(29(20)18-22)14-16-34(31(37)39-26-12-8-23(33)9-13-26)30(28)21-5-10-25(11-6-21)38-17-15-24(36)19-35/h4-13,18,24,30,35-36H,1-3,14-17,19H2. The van der Waals surface area contributed by atoms with Crippen molar-refractivity contribution in [2.45, 2.75) is 44.2 Å². The van der Waals surface area contributed by atoms with Crippen LogP contribution in [0.4, 0.5) is 9.18 Å². The molecule has 0 aromatic heterocycles. The monoisotopic (exact) mass is 551 g/mol. The topological polar surface area (TPSA) is 79.2 Å². The minimum Gasteiger partial charge on any atom is -0.493 e. The Morgan fingerprint density at radius 3 is 2.51 bits per heavy atom. The van der Waals surface area contributed by atoms with Crippen LogP contribution < -0.4 is 9.47 Å². The summed E-state index contributed by atoms with van der Waals surface area (Å²) in [6.07, 6.45) is 2.38. The Labute approximate surface area is 232 Å². The van der Waals surface area contributed by atoms with Gasteiger partial charge < -0.3 is 19.7 Å². The lowest BCUT2D eigenvalue weighted by molar-refractivity contribution is 0.0754. The molecule has 0 bridgehead atoms. The minimum absolute atomic E-state index is 0.271. The van der Waals surface area contributed by atoms with Gasteiger partial charge in [0.15, 0.2) is 0 Å². The van der Waals surface area contributed by atoms with E-state index in [9.17, 15) is 14.3 Å². The summed E-state index contributed by atoms with van der Waals surface area (Å²) in [5.41, 5.74) is 5.72. The normalized spacial score (nSPS) is 17.6. The summed E-state index contributed by atoms with van der Waals surface area (Å²) in [5, 5.41) is 19.2. The molecule has 1 amide bonds. The summed E-state index contributed by atoms with van der Waals surface area (Å²) in [6.45, 7) is 0.417. The fourth-order valence-corrected chi connectivity index (χ4v) is 5.55. The highest BCUT2D eigenvalue weighted by atomic mass is 35.5. The number of halogens is 2. The number of aryl methyl sites for hydroxylation is 1. The summed E-state index contributed by atoms with van der Waals surface area (Å²) in [5.74, 6) is 0.517. The van der Waals surface area contributed by atoms with E-state index in [4.69, 9.17) is 26.2 Å². The highest BCUT2D eigenvalue weighted by Crippen LogP contribution is 2.45. The van der Waals surface area contributed by atoms with E-state index in [0.29, 0.717) is 30.2 Å². The molecule has 0 saturated heterocycles. The highest BCUT2D eigenvalue weighted by Gasteiger charge is 2.36. The lowest BCUT2D eigenvalue weighted by Gasteiger charge is -2.38. The number of nitrogens with zero attached hydrogens (tertiary/aromatic N) is 1. The third-order valence-electron chi connectivity index (χ3n) is 7.30. The van der Waals surface area contributed by atoms with Crippen molar-refractivity contribution in [3.63, 3.8) is 0 Å². The van der Waals surface area contributed by atoms with E-state index in [2.05, 4.69) is 6.07 Å². The maximum absolute atomic E-state index is 13.5. The van der Waals surface area contributed by atoms with Crippen LogP contribution in [0.15, 0.2) is 72.3 Å². The molecule has 0 radical (unpaired) electrons. The average Bonchev–Trinajstić information content (AvgIpc) is 3.13. The lowest BCUT2D eigenvalue weighted by atomic mass is 9.84. The van der Waals surface area contributed by atoms with Crippen LogP contribution in [0.5, 0.6) is 11.5 Å². The number of aliphatic hydroxyl groups excluding tert-OH is 2. The number of carbonyl (C=O) groups is 1. The molecule has 3 aromatic rings. The molecule has 1 heterocycles. The number of hydrogen-bond donors (Lipinski definition) is 2. The van der Waals surface area contributed by atoms with Crippen LogP contribution in [0.3, 0.4) is 0 Å². The van der Waals surface area contributed by atoms with Gasteiger partial charge in [-0.2, -0.15) is 0 Å². The van der Waals surface area contributed by atoms with Crippen LogP contribution in [0.1, 0.15) is 48.4 Å². The number of rotatable bonds is 7. The van der Waals surface area contributed by atoms with Gasteiger partial charge >= 0.3 is 6.09 Å². The third kappa shape index (κ3) is 6.27. The first-order valence-corrected chi connectivity index (χ1v) is 13.6. The van der Waals surface area contributed by atoms with Gasteiger partial charge in [-0.25, -0.2) is 9.18 Å². The number of carbonyl (C=O) groups excluding carboxylic acids is 1. The Morgan fingerprint density at radius 2 is 1.77 bits per heavy atom. The number of hydrogen-bond acceptors (Lipinski definition) is 5. The van der Waals surface area contributed by atoms with Crippen molar-refractivity contribution in [2.24, 2.45) is 0 Å². The molecule has 0 spiro atoms. The first kappa shape index (κ1) is 27.2. The fourth-order valence-electron chi connectivity index (χ4n) is 5.38. The molecule has 1 aliphatic carbocycles. The number of fused-ring (bicyclic) bond motifs is 2. The molecule has 39 heavy (non-hydrogen) atoms. The molecular weight excluding hydrogens is 521 g/mol. The van der Waals surface area contributed by atoms with Crippen LogP contribution in [0.25, 0.3) is 5.57 Å². The summed E-state index contributed by atoms with van der Waals surface area (Å²) in [4.78, 5) is 15.2. The van der Waals surface area contributed by atoms with Crippen molar-refractivity contribution < 1.29 is 28.9 Å². The van der Waals surface area contributed by atoms with E-state index < -0.39 is 18.0 Å². The smallest absolute Gasteiger partial charge is 0.416 e. The molecule has 5 rings (SSSR count). The zero-order valence-electron chi connectivity index (χ0n) is 21.5. The Balaban J connectivity index is 1.48. The Kier molecular flexibility index (Phi) is 8.50. The van der Waals surface area contributed by atoms with Gasteiger partial charge in [0.25, 0.3) is 0 Å². The molecule has 204 valence electrons. The van der Waals surface area contributed by atoms with Crippen molar-refractivity contribution in [1.82, 2.24) is 4.90 Å². The molecule has 8 heteroatoms. The zero-order chi connectivity index (χ0) is 27.4. The summed E-state index contributed by atoms with van der Waals surface area (Å²) < 4.78 is 24.8. The van der Waals surface area contributed by atoms with E-state index in [-0.39, 0.29) is 25.0 Å². The highest BCUT2D eigenvalue weighted by molar-refractivity contribution is 6.30. The fraction of sp³-hybridized carbons (Fsp3) is 0.323. The molecule has 2 atom stereocenters. The summed E-state index contributed by atoms with van der Waals surface area (Å²) >= 11 is 6.41. The van der Waals surface area contributed by atoms with Gasteiger partial charge in [-0.05, 0) is 102 Å².